The van der Waals surface area contributed by atoms with Gasteiger partial charge >= 0.3 is 0 Å². The molecule has 0 aliphatic carbocycles. The van der Waals surface area contributed by atoms with Gasteiger partial charge in [-0.2, -0.15) is 0 Å². The summed E-state index contributed by atoms with van der Waals surface area (Å²) in [4.78, 5) is 5.97. The van der Waals surface area contributed by atoms with Gasteiger partial charge in [0.05, 0.1) is 0 Å². The van der Waals surface area contributed by atoms with Crippen LogP contribution in [-0.2, 0) is 0 Å². The van der Waals surface area contributed by atoms with Gasteiger partial charge in [-0.1, -0.05) is 111 Å². The van der Waals surface area contributed by atoms with Crippen molar-refractivity contribution in [1.29, 1.82) is 0 Å². The van der Waals surface area contributed by atoms with E-state index in [1.807, 2.05) is 23.5 Å². The highest BCUT2D eigenvalue weighted by Gasteiger charge is 2.23. The number of thioether (sulfide) groups is 2. The predicted molar refractivity (Wildman–Crippen MR) is 112 cm³/mol. The van der Waals surface area contributed by atoms with Gasteiger partial charge in [0.2, 0.25) is 0 Å². The lowest BCUT2D eigenvalue weighted by Gasteiger charge is -2.25. The standard InChI is InChI=1S/C22H24S2/c1-3-11-19-21(17-13-7-5-8-14-17)24-20(12-4-2)22(23-19)18-15-9-6-10-16-18/h5-10,13-16H,3-4,11-12H2,1-2H3. The Hall–Kier alpha value is -1.38. The molecule has 0 radical (unpaired) electrons. The fourth-order valence-corrected chi connectivity index (χ4v) is 5.82. The molecule has 1 aliphatic rings. The third-order valence-electron chi connectivity index (χ3n) is 3.98. The van der Waals surface area contributed by atoms with Crippen LogP contribution in [0.25, 0.3) is 9.81 Å². The van der Waals surface area contributed by atoms with Crippen LogP contribution in [0, 0.1) is 0 Å². The highest BCUT2D eigenvalue weighted by molar-refractivity contribution is 8.19. The van der Waals surface area contributed by atoms with Crippen LogP contribution in [0.2, 0.25) is 0 Å². The van der Waals surface area contributed by atoms with E-state index >= 15 is 0 Å². The fraction of sp³-hybridized carbons (Fsp3) is 0.273. The molecule has 0 atom stereocenters. The van der Waals surface area contributed by atoms with Gasteiger partial charge in [0, 0.05) is 19.6 Å². The SMILES string of the molecule is CCCC1=C(c2ccccc2)SC(CCC)=C(c2ccccc2)S1. The third-order valence-corrected chi connectivity index (χ3v) is 6.92. The molecule has 0 fully saturated rings. The van der Waals surface area contributed by atoms with Crippen LogP contribution in [0.15, 0.2) is 70.5 Å². The van der Waals surface area contributed by atoms with Crippen molar-refractivity contribution >= 4 is 33.3 Å². The lowest BCUT2D eigenvalue weighted by atomic mass is 10.1. The van der Waals surface area contributed by atoms with Gasteiger partial charge in [-0.15, -0.1) is 0 Å². The van der Waals surface area contributed by atoms with Crippen molar-refractivity contribution in [3.63, 3.8) is 0 Å². The van der Waals surface area contributed by atoms with Crippen molar-refractivity contribution in [2.24, 2.45) is 0 Å². The molecular formula is C22H24S2. The van der Waals surface area contributed by atoms with Gasteiger partial charge in [-0.05, 0) is 24.0 Å². The minimum Gasteiger partial charge on any atom is -0.0919 e. The van der Waals surface area contributed by atoms with Gasteiger partial charge < -0.3 is 0 Å². The maximum absolute atomic E-state index is 2.27. The van der Waals surface area contributed by atoms with E-state index in [0.717, 1.165) is 12.8 Å². The molecule has 1 heterocycles. The molecule has 24 heavy (non-hydrogen) atoms. The fourth-order valence-electron chi connectivity index (χ4n) is 2.86. The maximum Gasteiger partial charge on any atom is 0.0290 e. The molecule has 2 aromatic rings. The van der Waals surface area contributed by atoms with E-state index in [0.29, 0.717) is 0 Å². The van der Waals surface area contributed by atoms with Crippen LogP contribution in [0.3, 0.4) is 0 Å². The average Bonchev–Trinajstić information content (AvgIpc) is 2.64. The second-order valence-corrected chi connectivity index (χ2v) is 8.15. The third kappa shape index (κ3) is 3.99. The molecule has 0 unspecified atom stereocenters. The van der Waals surface area contributed by atoms with Crippen molar-refractivity contribution in [2.45, 2.75) is 39.5 Å². The second kappa shape index (κ2) is 8.64. The lowest BCUT2D eigenvalue weighted by Crippen LogP contribution is -1.97. The Balaban J connectivity index is 2.02. The van der Waals surface area contributed by atoms with E-state index in [-0.39, 0.29) is 0 Å². The van der Waals surface area contributed by atoms with E-state index in [1.165, 1.54) is 43.6 Å². The molecule has 2 aromatic carbocycles. The molecule has 1 aliphatic heterocycles. The predicted octanol–water partition coefficient (Wildman–Crippen LogP) is 7.80. The minimum absolute atomic E-state index is 1.15. The molecule has 3 rings (SSSR count). The molecule has 0 saturated heterocycles. The van der Waals surface area contributed by atoms with Crippen LogP contribution < -0.4 is 0 Å². The number of hydrogen-bond donors (Lipinski definition) is 0. The van der Waals surface area contributed by atoms with Crippen molar-refractivity contribution in [2.75, 3.05) is 0 Å². The zero-order valence-electron chi connectivity index (χ0n) is 14.4. The molecule has 2 heteroatoms. The van der Waals surface area contributed by atoms with E-state index in [2.05, 4.69) is 74.5 Å². The lowest BCUT2D eigenvalue weighted by molar-refractivity contribution is 0.946. The quantitative estimate of drug-likeness (QED) is 0.520. The Labute approximate surface area is 154 Å². The zero-order valence-corrected chi connectivity index (χ0v) is 16.1. The first kappa shape index (κ1) is 17.4. The molecule has 0 saturated carbocycles. The molecule has 0 bridgehead atoms. The number of rotatable bonds is 6. The smallest absolute Gasteiger partial charge is 0.0290 e. The van der Waals surface area contributed by atoms with Crippen LogP contribution in [-0.4, -0.2) is 0 Å². The summed E-state index contributed by atoms with van der Waals surface area (Å²) < 4.78 is 0. The van der Waals surface area contributed by atoms with Crippen LogP contribution in [0.4, 0.5) is 0 Å². The molecule has 124 valence electrons. The molecule has 0 spiro atoms. The number of benzene rings is 2. The highest BCUT2D eigenvalue weighted by atomic mass is 32.2. The summed E-state index contributed by atoms with van der Waals surface area (Å²) in [6, 6.07) is 21.8. The molecule has 0 N–H and O–H groups in total. The zero-order chi connectivity index (χ0) is 16.8. The van der Waals surface area contributed by atoms with Gasteiger partial charge in [-0.3, -0.25) is 0 Å². The number of hydrogen-bond acceptors (Lipinski definition) is 2. The number of allylic oxidation sites excluding steroid dienone is 2. The van der Waals surface area contributed by atoms with Gasteiger partial charge in [0.1, 0.15) is 0 Å². The molecular weight excluding hydrogens is 328 g/mol. The van der Waals surface area contributed by atoms with Crippen molar-refractivity contribution in [3.8, 4) is 0 Å². The summed E-state index contributed by atoms with van der Waals surface area (Å²) in [7, 11) is 0. The van der Waals surface area contributed by atoms with Gasteiger partial charge in [-0.25, -0.2) is 0 Å². The van der Waals surface area contributed by atoms with E-state index < -0.39 is 0 Å². The monoisotopic (exact) mass is 352 g/mol. The van der Waals surface area contributed by atoms with Crippen LogP contribution in [0.1, 0.15) is 50.7 Å². The van der Waals surface area contributed by atoms with Gasteiger partial charge in [0.15, 0.2) is 0 Å². The van der Waals surface area contributed by atoms with Gasteiger partial charge in [0.25, 0.3) is 0 Å². The highest BCUT2D eigenvalue weighted by Crippen LogP contribution is 2.54. The second-order valence-electron chi connectivity index (χ2n) is 5.94. The van der Waals surface area contributed by atoms with E-state index in [1.54, 1.807) is 0 Å². The topological polar surface area (TPSA) is 0 Å². The summed E-state index contributed by atoms with van der Waals surface area (Å²) in [5.41, 5.74) is 2.72. The Morgan fingerprint density at radius 2 is 0.958 bits per heavy atom. The summed E-state index contributed by atoms with van der Waals surface area (Å²) in [6.45, 7) is 4.54. The summed E-state index contributed by atoms with van der Waals surface area (Å²) in [6.07, 6.45) is 4.67. The van der Waals surface area contributed by atoms with E-state index in [4.69, 9.17) is 0 Å². The summed E-state index contributed by atoms with van der Waals surface area (Å²) in [5, 5.41) is 0. The maximum atomic E-state index is 2.27. The largest absolute Gasteiger partial charge is 0.0919 e. The van der Waals surface area contributed by atoms with Crippen molar-refractivity contribution in [3.05, 3.63) is 81.6 Å². The van der Waals surface area contributed by atoms with Crippen LogP contribution >= 0.6 is 23.5 Å². The first-order chi connectivity index (χ1) is 11.8. The summed E-state index contributed by atoms with van der Waals surface area (Å²) >= 11 is 4.00. The van der Waals surface area contributed by atoms with Crippen molar-refractivity contribution < 1.29 is 0 Å². The molecule has 0 amide bonds. The normalized spacial score (nSPS) is 15.1. The van der Waals surface area contributed by atoms with Crippen molar-refractivity contribution in [1.82, 2.24) is 0 Å². The first-order valence-electron chi connectivity index (χ1n) is 8.76. The molecule has 0 nitrogen and oxygen atoms in total. The Morgan fingerprint density at radius 1 is 0.583 bits per heavy atom. The molecule has 0 aromatic heterocycles. The summed E-state index contributed by atoms with van der Waals surface area (Å²) in [5.74, 6) is 0. The average molecular weight is 353 g/mol. The van der Waals surface area contributed by atoms with E-state index in [9.17, 15) is 0 Å². The first-order valence-corrected chi connectivity index (χ1v) is 10.4. The Kier molecular flexibility index (Phi) is 6.28. The Bertz CT molecular complexity index is 662. The minimum atomic E-state index is 1.15. The van der Waals surface area contributed by atoms with Crippen LogP contribution in [0.5, 0.6) is 0 Å². The Morgan fingerprint density at radius 3 is 1.29 bits per heavy atom.